The van der Waals surface area contributed by atoms with Crippen molar-refractivity contribution in [3.63, 3.8) is 0 Å². The predicted octanol–water partition coefficient (Wildman–Crippen LogP) is 2.96. The number of aryl methyl sites for hydroxylation is 2. The summed E-state index contributed by atoms with van der Waals surface area (Å²) in [6, 6.07) is 5.99. The van der Waals surface area contributed by atoms with Crippen LogP contribution in [0.4, 0.5) is 0 Å². The molecule has 0 aliphatic rings. The summed E-state index contributed by atoms with van der Waals surface area (Å²) < 4.78 is 5.29. The van der Waals surface area contributed by atoms with E-state index in [4.69, 9.17) is 9.84 Å². The van der Waals surface area contributed by atoms with E-state index in [0.717, 1.165) is 34.2 Å². The van der Waals surface area contributed by atoms with E-state index in [1.807, 2.05) is 19.1 Å². The zero-order valence-corrected chi connectivity index (χ0v) is 11.1. The minimum absolute atomic E-state index is 0.190. The van der Waals surface area contributed by atoms with Gasteiger partial charge >= 0.3 is 5.97 Å². The molecular weight excluding hydrogens is 242 g/mol. The quantitative estimate of drug-likeness (QED) is 0.896. The Hall–Kier alpha value is -2.10. The molecule has 1 N–H and O–H groups in total. The number of benzene rings is 1. The van der Waals surface area contributed by atoms with Crippen molar-refractivity contribution in [2.45, 2.75) is 26.2 Å². The molecule has 0 aliphatic carbocycles. The lowest BCUT2D eigenvalue weighted by Crippen LogP contribution is -1.97. The smallest absolute Gasteiger partial charge is 0.303 e. The highest BCUT2D eigenvalue weighted by molar-refractivity contribution is 5.87. The largest absolute Gasteiger partial charge is 0.494 e. The molecule has 0 fully saturated rings. The molecule has 0 radical (unpaired) electrons. The number of pyridine rings is 1. The number of carboxylic acids is 1. The van der Waals surface area contributed by atoms with Gasteiger partial charge in [-0.15, -0.1) is 0 Å². The fourth-order valence-electron chi connectivity index (χ4n) is 2.12. The molecule has 0 saturated carbocycles. The molecule has 0 aliphatic heterocycles. The first kappa shape index (κ1) is 13.3. The second-order valence-electron chi connectivity index (χ2n) is 4.57. The van der Waals surface area contributed by atoms with Gasteiger partial charge in [0.15, 0.2) is 0 Å². The lowest BCUT2D eigenvalue weighted by Gasteiger charge is -2.08. The third-order valence-electron chi connectivity index (χ3n) is 3.16. The van der Waals surface area contributed by atoms with E-state index < -0.39 is 5.97 Å². The van der Waals surface area contributed by atoms with Gasteiger partial charge in [-0.3, -0.25) is 9.78 Å². The number of carbonyl (C=O) groups is 1. The molecular formula is C15H17NO3. The monoisotopic (exact) mass is 259 g/mol. The first-order valence-electron chi connectivity index (χ1n) is 6.26. The Kier molecular flexibility index (Phi) is 4.00. The number of hydrogen-bond acceptors (Lipinski definition) is 3. The normalized spacial score (nSPS) is 10.6. The van der Waals surface area contributed by atoms with Gasteiger partial charge in [0.2, 0.25) is 0 Å². The van der Waals surface area contributed by atoms with E-state index in [1.165, 1.54) is 0 Å². The van der Waals surface area contributed by atoms with Crippen LogP contribution in [-0.4, -0.2) is 23.2 Å². The zero-order chi connectivity index (χ0) is 13.8. The van der Waals surface area contributed by atoms with E-state index in [0.29, 0.717) is 6.42 Å². The molecule has 19 heavy (non-hydrogen) atoms. The van der Waals surface area contributed by atoms with Crippen LogP contribution in [0.1, 0.15) is 24.0 Å². The summed E-state index contributed by atoms with van der Waals surface area (Å²) >= 11 is 0. The highest BCUT2D eigenvalue weighted by atomic mass is 16.5. The number of rotatable bonds is 5. The van der Waals surface area contributed by atoms with Gasteiger partial charge in [0.1, 0.15) is 11.3 Å². The minimum atomic E-state index is -0.758. The minimum Gasteiger partial charge on any atom is -0.494 e. The van der Waals surface area contributed by atoms with Crippen LogP contribution in [0.5, 0.6) is 5.75 Å². The highest BCUT2D eigenvalue weighted by Crippen LogP contribution is 2.27. The molecule has 2 aromatic rings. The van der Waals surface area contributed by atoms with Crippen LogP contribution in [0.2, 0.25) is 0 Å². The van der Waals surface area contributed by atoms with Crippen molar-refractivity contribution in [2.24, 2.45) is 0 Å². The van der Waals surface area contributed by atoms with Crippen molar-refractivity contribution < 1.29 is 14.6 Å². The predicted molar refractivity (Wildman–Crippen MR) is 73.6 cm³/mol. The summed E-state index contributed by atoms with van der Waals surface area (Å²) in [6.07, 6.45) is 3.35. The molecule has 0 bridgehead atoms. The fraction of sp³-hybridized carbons (Fsp3) is 0.333. The molecule has 0 spiro atoms. The Morgan fingerprint density at radius 1 is 1.42 bits per heavy atom. The van der Waals surface area contributed by atoms with Gasteiger partial charge in [-0.25, -0.2) is 0 Å². The number of ether oxygens (including phenoxy) is 1. The van der Waals surface area contributed by atoms with Crippen LogP contribution >= 0.6 is 0 Å². The molecule has 100 valence electrons. The summed E-state index contributed by atoms with van der Waals surface area (Å²) in [6.45, 7) is 2.03. The molecule has 2 rings (SSSR count). The van der Waals surface area contributed by atoms with Crippen molar-refractivity contribution in [2.75, 3.05) is 7.11 Å². The molecule has 0 saturated heterocycles. The summed E-state index contributed by atoms with van der Waals surface area (Å²) in [7, 11) is 1.63. The lowest BCUT2D eigenvalue weighted by atomic mass is 10.0. The SMILES string of the molecule is COc1ccc(C)c2cc(CCCC(=O)O)cnc12. The Labute approximate surface area is 112 Å². The van der Waals surface area contributed by atoms with Crippen LogP contribution in [0.3, 0.4) is 0 Å². The number of aromatic nitrogens is 1. The molecule has 1 aromatic heterocycles. The van der Waals surface area contributed by atoms with Gasteiger partial charge in [0.05, 0.1) is 7.11 Å². The summed E-state index contributed by atoms with van der Waals surface area (Å²) in [4.78, 5) is 14.9. The van der Waals surface area contributed by atoms with Crippen LogP contribution < -0.4 is 4.74 Å². The molecule has 0 atom stereocenters. The number of methoxy groups -OCH3 is 1. The molecule has 0 unspecified atom stereocenters. The van der Waals surface area contributed by atoms with Gasteiger partial charge in [0.25, 0.3) is 0 Å². The van der Waals surface area contributed by atoms with Crippen molar-refractivity contribution in [1.29, 1.82) is 0 Å². The van der Waals surface area contributed by atoms with Crippen LogP contribution in [0, 0.1) is 6.92 Å². The van der Waals surface area contributed by atoms with E-state index in [2.05, 4.69) is 11.1 Å². The van der Waals surface area contributed by atoms with Crippen molar-refractivity contribution in [3.05, 3.63) is 35.5 Å². The maximum atomic E-state index is 10.5. The van der Waals surface area contributed by atoms with Gasteiger partial charge in [-0.1, -0.05) is 6.07 Å². The Bertz CT molecular complexity index is 608. The Morgan fingerprint density at radius 2 is 2.21 bits per heavy atom. The number of hydrogen-bond donors (Lipinski definition) is 1. The van der Waals surface area contributed by atoms with Gasteiger partial charge in [-0.05, 0) is 43.0 Å². The average molecular weight is 259 g/mol. The number of aliphatic carboxylic acids is 1. The molecule has 0 amide bonds. The summed E-state index contributed by atoms with van der Waals surface area (Å²) in [5.74, 6) is 0.00397. The van der Waals surface area contributed by atoms with Crippen molar-refractivity contribution in [3.8, 4) is 5.75 Å². The molecule has 1 aromatic carbocycles. The van der Waals surface area contributed by atoms with E-state index in [1.54, 1.807) is 13.3 Å². The van der Waals surface area contributed by atoms with Crippen LogP contribution in [0.25, 0.3) is 10.9 Å². The number of nitrogens with zero attached hydrogens (tertiary/aromatic N) is 1. The van der Waals surface area contributed by atoms with Gasteiger partial charge < -0.3 is 9.84 Å². The third kappa shape index (κ3) is 3.02. The summed E-state index contributed by atoms with van der Waals surface area (Å²) in [5.41, 5.74) is 3.05. The second kappa shape index (κ2) is 5.69. The van der Waals surface area contributed by atoms with E-state index >= 15 is 0 Å². The number of fused-ring (bicyclic) bond motifs is 1. The third-order valence-corrected chi connectivity index (χ3v) is 3.16. The number of carboxylic acid groups (broad SMARTS) is 1. The van der Waals surface area contributed by atoms with Crippen molar-refractivity contribution in [1.82, 2.24) is 4.98 Å². The second-order valence-corrected chi connectivity index (χ2v) is 4.57. The lowest BCUT2D eigenvalue weighted by molar-refractivity contribution is -0.137. The van der Waals surface area contributed by atoms with Crippen LogP contribution in [0.15, 0.2) is 24.4 Å². The van der Waals surface area contributed by atoms with Gasteiger partial charge in [0, 0.05) is 18.0 Å². The highest BCUT2D eigenvalue weighted by Gasteiger charge is 2.07. The zero-order valence-electron chi connectivity index (χ0n) is 11.1. The van der Waals surface area contributed by atoms with Crippen molar-refractivity contribution >= 4 is 16.9 Å². The maximum Gasteiger partial charge on any atom is 0.303 e. The Balaban J connectivity index is 2.29. The molecule has 4 nitrogen and oxygen atoms in total. The maximum absolute atomic E-state index is 10.5. The average Bonchev–Trinajstić information content (AvgIpc) is 2.39. The first-order chi connectivity index (χ1) is 9.11. The molecule has 1 heterocycles. The first-order valence-corrected chi connectivity index (χ1v) is 6.26. The van der Waals surface area contributed by atoms with Crippen LogP contribution in [-0.2, 0) is 11.2 Å². The van der Waals surface area contributed by atoms with Gasteiger partial charge in [-0.2, -0.15) is 0 Å². The topological polar surface area (TPSA) is 59.4 Å². The van der Waals surface area contributed by atoms with E-state index in [-0.39, 0.29) is 6.42 Å². The molecule has 4 heteroatoms. The standard InChI is InChI=1S/C15H17NO3/c1-10-6-7-13(19-2)15-12(10)8-11(9-16-15)4-3-5-14(17)18/h6-9H,3-5H2,1-2H3,(H,17,18). The fourth-order valence-corrected chi connectivity index (χ4v) is 2.12. The summed E-state index contributed by atoms with van der Waals surface area (Å²) in [5, 5.41) is 9.71. The van der Waals surface area contributed by atoms with E-state index in [9.17, 15) is 4.79 Å². The Morgan fingerprint density at radius 3 is 2.89 bits per heavy atom.